The second kappa shape index (κ2) is 8.56. The minimum absolute atomic E-state index is 0.133. The zero-order chi connectivity index (χ0) is 22.9. The molecule has 6 heteroatoms. The van der Waals surface area contributed by atoms with Crippen LogP contribution >= 0.6 is 11.3 Å². The fourth-order valence-electron chi connectivity index (χ4n) is 4.17. The number of hydrogen-bond acceptors (Lipinski definition) is 3. The fraction of sp³-hybridized carbons (Fsp3) is 0.111. The number of para-hydroxylation sites is 1. The van der Waals surface area contributed by atoms with Gasteiger partial charge >= 0.3 is 0 Å². The number of aromatic nitrogens is 3. The maximum Gasteiger partial charge on any atom is 0.297 e. The molecular formula is C27H24N4OS. The van der Waals surface area contributed by atoms with Gasteiger partial charge in [0.15, 0.2) is 10.5 Å². The van der Waals surface area contributed by atoms with Crippen LogP contribution in [0.15, 0.2) is 101 Å². The summed E-state index contributed by atoms with van der Waals surface area (Å²) in [4.78, 5) is 19.0. The van der Waals surface area contributed by atoms with Gasteiger partial charge in [-0.05, 0) is 29.8 Å². The highest BCUT2D eigenvalue weighted by Gasteiger charge is 2.17. The molecule has 33 heavy (non-hydrogen) atoms. The van der Waals surface area contributed by atoms with Crippen LogP contribution in [-0.2, 0) is 13.6 Å². The molecule has 5 rings (SSSR count). The molecule has 0 N–H and O–H groups in total. The van der Waals surface area contributed by atoms with Gasteiger partial charge in [-0.3, -0.25) is 9.48 Å². The van der Waals surface area contributed by atoms with Crippen molar-refractivity contribution in [3.63, 3.8) is 0 Å². The van der Waals surface area contributed by atoms with Crippen LogP contribution in [-0.4, -0.2) is 13.9 Å². The molecule has 3 aromatic carbocycles. The number of thiazole rings is 1. The van der Waals surface area contributed by atoms with Crippen molar-refractivity contribution in [2.75, 3.05) is 0 Å². The maximum absolute atomic E-state index is 13.4. The van der Waals surface area contributed by atoms with E-state index in [1.54, 1.807) is 4.68 Å². The van der Waals surface area contributed by atoms with E-state index in [2.05, 4.69) is 52.9 Å². The lowest BCUT2D eigenvalue weighted by molar-refractivity contribution is 0.630. The predicted octanol–water partition coefficient (Wildman–Crippen LogP) is 5.59. The molecule has 164 valence electrons. The SMILES string of the molecule is C=CCn1c(-c2cccc3ccccc23)csc1=Nc1c(C)n(C)n(-c2ccccc2)c1=O. The molecule has 0 atom stereocenters. The molecule has 0 fully saturated rings. The van der Waals surface area contributed by atoms with Crippen molar-refractivity contribution in [1.82, 2.24) is 13.9 Å². The summed E-state index contributed by atoms with van der Waals surface area (Å²) in [6, 6.07) is 24.3. The normalized spacial score (nSPS) is 11.9. The zero-order valence-electron chi connectivity index (χ0n) is 18.6. The first-order valence-corrected chi connectivity index (χ1v) is 11.6. The quantitative estimate of drug-likeness (QED) is 0.321. The Balaban J connectivity index is 1.72. The minimum Gasteiger partial charge on any atom is -0.313 e. The molecule has 0 aliphatic carbocycles. The molecule has 0 aliphatic heterocycles. The summed E-state index contributed by atoms with van der Waals surface area (Å²) in [7, 11) is 1.89. The molecule has 0 unspecified atom stereocenters. The molecule has 5 aromatic rings. The maximum atomic E-state index is 13.4. The van der Waals surface area contributed by atoms with Gasteiger partial charge in [-0.15, -0.1) is 17.9 Å². The van der Waals surface area contributed by atoms with Crippen LogP contribution in [0.4, 0.5) is 5.69 Å². The van der Waals surface area contributed by atoms with Gasteiger partial charge in [0.1, 0.15) is 0 Å². The molecule has 0 saturated heterocycles. The molecule has 0 bridgehead atoms. The lowest BCUT2D eigenvalue weighted by Gasteiger charge is -2.09. The van der Waals surface area contributed by atoms with Crippen LogP contribution in [0.3, 0.4) is 0 Å². The van der Waals surface area contributed by atoms with E-state index in [1.807, 2.05) is 61.1 Å². The Bertz CT molecular complexity index is 1590. The van der Waals surface area contributed by atoms with Crippen molar-refractivity contribution < 1.29 is 0 Å². The van der Waals surface area contributed by atoms with Gasteiger partial charge < -0.3 is 4.57 Å². The van der Waals surface area contributed by atoms with Crippen LogP contribution in [0.25, 0.3) is 27.7 Å². The first-order valence-electron chi connectivity index (χ1n) is 10.8. The van der Waals surface area contributed by atoms with E-state index in [-0.39, 0.29) is 5.56 Å². The van der Waals surface area contributed by atoms with Crippen LogP contribution in [0.5, 0.6) is 0 Å². The third kappa shape index (κ3) is 3.58. The van der Waals surface area contributed by atoms with Crippen molar-refractivity contribution in [1.29, 1.82) is 0 Å². The molecule has 5 nitrogen and oxygen atoms in total. The third-order valence-corrected chi connectivity index (χ3v) is 6.77. The summed E-state index contributed by atoms with van der Waals surface area (Å²) in [6.45, 7) is 6.47. The second-order valence-corrected chi connectivity index (χ2v) is 8.69. The average Bonchev–Trinajstić information content (AvgIpc) is 3.33. The van der Waals surface area contributed by atoms with Gasteiger partial charge in [-0.1, -0.05) is 66.7 Å². The van der Waals surface area contributed by atoms with E-state index in [0.717, 1.165) is 27.4 Å². The molecule has 2 aromatic heterocycles. The van der Waals surface area contributed by atoms with Gasteiger partial charge in [0, 0.05) is 24.5 Å². The largest absolute Gasteiger partial charge is 0.313 e. The molecule has 0 aliphatic rings. The molecule has 0 radical (unpaired) electrons. The fourth-order valence-corrected chi connectivity index (χ4v) is 5.08. The average molecular weight is 453 g/mol. The Labute approximate surface area is 195 Å². The van der Waals surface area contributed by atoms with E-state index in [9.17, 15) is 4.79 Å². The molecular weight excluding hydrogens is 428 g/mol. The first kappa shape index (κ1) is 21.0. The standard InChI is InChI=1S/C27H24N4OS/c1-4-17-30-24(23-16-10-12-20-11-8-9-15-22(20)23)18-33-27(30)28-25-19(2)29(3)31(26(25)32)21-13-6-5-7-14-21/h4-16,18H,1,17H2,2-3H3. The Morgan fingerprint density at radius 3 is 2.52 bits per heavy atom. The van der Waals surface area contributed by atoms with E-state index in [4.69, 9.17) is 4.99 Å². The van der Waals surface area contributed by atoms with Crippen molar-refractivity contribution >= 4 is 27.8 Å². The summed E-state index contributed by atoms with van der Waals surface area (Å²) < 4.78 is 5.64. The Kier molecular flexibility index (Phi) is 5.44. The predicted molar refractivity (Wildman–Crippen MR) is 136 cm³/mol. The number of nitrogens with zero attached hydrogens (tertiary/aromatic N) is 4. The first-order chi connectivity index (χ1) is 16.1. The van der Waals surface area contributed by atoms with Crippen molar-refractivity contribution in [3.05, 3.63) is 112 Å². The highest BCUT2D eigenvalue weighted by Crippen LogP contribution is 2.29. The number of allylic oxidation sites excluding steroid dienone is 1. The summed E-state index contributed by atoms with van der Waals surface area (Å²) in [5, 5.41) is 4.48. The molecule has 0 spiro atoms. The Morgan fingerprint density at radius 2 is 1.73 bits per heavy atom. The monoisotopic (exact) mass is 452 g/mol. The highest BCUT2D eigenvalue weighted by atomic mass is 32.1. The van der Waals surface area contributed by atoms with Gasteiger partial charge in [-0.2, -0.15) is 0 Å². The summed E-state index contributed by atoms with van der Waals surface area (Å²) in [6.07, 6.45) is 1.86. The topological polar surface area (TPSA) is 44.2 Å². The van der Waals surface area contributed by atoms with Gasteiger partial charge in [-0.25, -0.2) is 9.67 Å². The highest BCUT2D eigenvalue weighted by molar-refractivity contribution is 7.07. The zero-order valence-corrected chi connectivity index (χ0v) is 19.4. The molecule has 0 saturated carbocycles. The van der Waals surface area contributed by atoms with Crippen molar-refractivity contribution in [2.24, 2.45) is 12.0 Å². The van der Waals surface area contributed by atoms with Gasteiger partial charge in [0.05, 0.1) is 17.1 Å². The molecule has 0 amide bonds. The number of fused-ring (bicyclic) bond motifs is 1. The Hall–Kier alpha value is -3.90. The number of hydrogen-bond donors (Lipinski definition) is 0. The van der Waals surface area contributed by atoms with E-state index in [1.165, 1.54) is 22.1 Å². The van der Waals surface area contributed by atoms with Crippen LogP contribution in [0, 0.1) is 6.92 Å². The smallest absolute Gasteiger partial charge is 0.297 e. The van der Waals surface area contributed by atoms with E-state index >= 15 is 0 Å². The van der Waals surface area contributed by atoms with Gasteiger partial charge in [0.25, 0.3) is 5.56 Å². The summed E-state index contributed by atoms with van der Waals surface area (Å²) >= 11 is 1.53. The lowest BCUT2D eigenvalue weighted by Crippen LogP contribution is -2.20. The van der Waals surface area contributed by atoms with Crippen molar-refractivity contribution in [2.45, 2.75) is 13.5 Å². The van der Waals surface area contributed by atoms with E-state index < -0.39 is 0 Å². The second-order valence-electron chi connectivity index (χ2n) is 7.85. The summed E-state index contributed by atoms with van der Waals surface area (Å²) in [5.74, 6) is 0. The minimum atomic E-state index is -0.133. The van der Waals surface area contributed by atoms with Crippen LogP contribution < -0.4 is 10.4 Å². The number of rotatable bonds is 5. The van der Waals surface area contributed by atoms with Gasteiger partial charge in [0.2, 0.25) is 0 Å². The Morgan fingerprint density at radius 1 is 1.00 bits per heavy atom. The lowest BCUT2D eigenvalue weighted by atomic mass is 10.0. The van der Waals surface area contributed by atoms with Crippen LogP contribution in [0.1, 0.15) is 5.69 Å². The third-order valence-electron chi connectivity index (χ3n) is 5.91. The molecule has 2 heterocycles. The summed E-state index contributed by atoms with van der Waals surface area (Å²) in [5.41, 5.74) is 4.15. The van der Waals surface area contributed by atoms with E-state index in [0.29, 0.717) is 12.2 Å². The van der Waals surface area contributed by atoms with Crippen LogP contribution in [0.2, 0.25) is 0 Å². The number of benzene rings is 3. The van der Waals surface area contributed by atoms with Crippen molar-refractivity contribution in [3.8, 4) is 16.9 Å².